The van der Waals surface area contributed by atoms with Crippen molar-refractivity contribution >= 4 is 5.91 Å². The van der Waals surface area contributed by atoms with Crippen LogP contribution in [-0.2, 0) is 32.2 Å². The molecule has 0 aromatic heterocycles. The van der Waals surface area contributed by atoms with Gasteiger partial charge in [-0.15, -0.1) is 0 Å². The van der Waals surface area contributed by atoms with Crippen LogP contribution in [0.5, 0.6) is 0 Å². The van der Waals surface area contributed by atoms with Crippen molar-refractivity contribution in [2.45, 2.75) is 116 Å². The molecule has 0 saturated heterocycles. The van der Waals surface area contributed by atoms with Gasteiger partial charge in [0.15, 0.2) is 0 Å². The fourth-order valence-electron chi connectivity index (χ4n) is 4.75. The largest absolute Gasteiger partial charge is 0.373 e. The maximum absolute atomic E-state index is 13.1. The number of unbranched alkanes of at least 4 members (excludes halogenated alkanes) is 8. The van der Waals surface area contributed by atoms with Gasteiger partial charge in [0, 0.05) is 0 Å². The van der Waals surface area contributed by atoms with Gasteiger partial charge in [-0.3, -0.25) is 4.79 Å². The molecule has 2 rings (SSSR count). The minimum absolute atomic E-state index is 0.00445. The Bertz CT molecular complexity index is 850. The normalized spacial score (nSPS) is 12.8. The van der Waals surface area contributed by atoms with E-state index >= 15 is 0 Å². The highest BCUT2D eigenvalue weighted by Gasteiger charge is 2.18. The summed E-state index contributed by atoms with van der Waals surface area (Å²) in [4.78, 5) is 13.1. The van der Waals surface area contributed by atoms with Crippen LogP contribution in [0.4, 0.5) is 0 Å². The summed E-state index contributed by atoms with van der Waals surface area (Å²) in [6.07, 6.45) is 14.3. The van der Waals surface area contributed by atoms with Crippen LogP contribution in [0.2, 0.25) is 0 Å². The maximum Gasteiger partial charge on any atom is 0.222 e. The van der Waals surface area contributed by atoms with E-state index in [0.29, 0.717) is 32.8 Å². The summed E-state index contributed by atoms with van der Waals surface area (Å²) >= 11 is 0. The number of nitrogens with one attached hydrogen (secondary N) is 1. The van der Waals surface area contributed by atoms with Gasteiger partial charge in [0.1, 0.15) is 6.79 Å². The van der Waals surface area contributed by atoms with Crippen LogP contribution >= 0.6 is 0 Å². The lowest BCUT2D eigenvalue weighted by atomic mass is 10.0. The first kappa shape index (κ1) is 34.0. The van der Waals surface area contributed by atoms with Crippen LogP contribution in [0.1, 0.15) is 102 Å². The predicted molar refractivity (Wildman–Crippen MR) is 164 cm³/mol. The molecule has 6 nitrogen and oxygen atoms in total. The Hall–Kier alpha value is -2.25. The van der Waals surface area contributed by atoms with E-state index in [0.717, 1.165) is 36.8 Å². The number of carbonyl (C=O) groups excluding carboxylic acids is 1. The molecule has 40 heavy (non-hydrogen) atoms. The average molecular weight is 555 g/mol. The van der Waals surface area contributed by atoms with Crippen molar-refractivity contribution in [2.24, 2.45) is 5.73 Å². The molecule has 0 spiro atoms. The molecule has 0 aliphatic heterocycles. The fraction of sp³-hybridized carbons (Fsp3) is 0.618. The highest BCUT2D eigenvalue weighted by Crippen LogP contribution is 2.16. The van der Waals surface area contributed by atoms with Gasteiger partial charge in [0.05, 0.1) is 38.4 Å². The number of hydrogen-bond donors (Lipinski definition) is 2. The van der Waals surface area contributed by atoms with Crippen LogP contribution in [0.3, 0.4) is 0 Å². The first-order valence-electron chi connectivity index (χ1n) is 15.6. The van der Waals surface area contributed by atoms with Crippen molar-refractivity contribution in [1.82, 2.24) is 5.32 Å². The van der Waals surface area contributed by atoms with E-state index in [1.54, 1.807) is 0 Å². The van der Waals surface area contributed by atoms with E-state index < -0.39 is 0 Å². The van der Waals surface area contributed by atoms with Gasteiger partial charge in [-0.25, -0.2) is 0 Å². The highest BCUT2D eigenvalue weighted by atomic mass is 16.7. The first-order chi connectivity index (χ1) is 19.7. The summed E-state index contributed by atoms with van der Waals surface area (Å²) in [6, 6.07) is 20.1. The third kappa shape index (κ3) is 17.4. The van der Waals surface area contributed by atoms with Crippen molar-refractivity contribution in [3.8, 4) is 0 Å². The summed E-state index contributed by atoms with van der Waals surface area (Å²) < 4.78 is 17.6. The van der Waals surface area contributed by atoms with Crippen molar-refractivity contribution in [3.63, 3.8) is 0 Å². The van der Waals surface area contributed by atoms with Gasteiger partial charge >= 0.3 is 0 Å². The van der Waals surface area contributed by atoms with E-state index in [1.807, 2.05) is 48.5 Å². The number of amides is 1. The Morgan fingerprint density at radius 2 is 1.35 bits per heavy atom. The van der Waals surface area contributed by atoms with Crippen molar-refractivity contribution < 1.29 is 19.0 Å². The van der Waals surface area contributed by atoms with Gasteiger partial charge in [-0.05, 0) is 36.9 Å². The third-order valence-electron chi connectivity index (χ3n) is 7.09. The minimum atomic E-state index is -0.102. The topological polar surface area (TPSA) is 82.8 Å². The van der Waals surface area contributed by atoms with Crippen LogP contribution in [0, 0.1) is 0 Å². The van der Waals surface area contributed by atoms with Crippen molar-refractivity contribution in [1.29, 1.82) is 0 Å². The molecule has 0 saturated carbocycles. The molecule has 0 unspecified atom stereocenters. The lowest BCUT2D eigenvalue weighted by Gasteiger charge is -2.22. The van der Waals surface area contributed by atoms with E-state index in [2.05, 4.69) is 24.4 Å². The smallest absolute Gasteiger partial charge is 0.222 e. The molecule has 0 fully saturated rings. The molecule has 3 N–H and O–H groups in total. The van der Waals surface area contributed by atoms with Crippen LogP contribution in [-0.4, -0.2) is 38.0 Å². The molecule has 0 aliphatic rings. The highest BCUT2D eigenvalue weighted by molar-refractivity contribution is 5.76. The molecule has 6 heteroatoms. The minimum Gasteiger partial charge on any atom is -0.373 e. The Labute approximate surface area is 243 Å². The van der Waals surface area contributed by atoms with Crippen LogP contribution in [0.25, 0.3) is 0 Å². The summed E-state index contributed by atoms with van der Waals surface area (Å²) in [6.45, 7) is 4.44. The molecule has 2 atom stereocenters. The van der Waals surface area contributed by atoms with Crippen molar-refractivity contribution in [2.75, 3.05) is 19.9 Å². The molecule has 0 aliphatic carbocycles. The standard InChI is InChI=1S/C34H54N2O4/c1-2-3-4-5-6-7-8-9-16-23-33(40-27-31-20-14-11-15-21-31)25-34(37)36-32(22-17-24-35)28-39-29-38-26-30-18-12-10-13-19-30/h10-15,18-21,32-33H,2-9,16-17,22-29,35H2,1H3,(H,36,37)/t32-,33-/m1/s1. The quantitative estimate of drug-likeness (QED) is 0.0994. The molecule has 0 radical (unpaired) electrons. The second kappa shape index (κ2) is 23.5. The lowest BCUT2D eigenvalue weighted by molar-refractivity contribution is -0.126. The number of nitrogens with two attached hydrogens (primary N) is 1. The molecular formula is C34H54N2O4. The Morgan fingerprint density at radius 3 is 1.98 bits per heavy atom. The van der Waals surface area contributed by atoms with Crippen molar-refractivity contribution in [3.05, 3.63) is 71.8 Å². The second-order valence-electron chi connectivity index (χ2n) is 10.8. The van der Waals surface area contributed by atoms with Crippen LogP contribution < -0.4 is 11.1 Å². The number of hydrogen-bond acceptors (Lipinski definition) is 5. The number of carbonyl (C=O) groups is 1. The zero-order valence-corrected chi connectivity index (χ0v) is 24.9. The van der Waals surface area contributed by atoms with Gasteiger partial charge in [0.2, 0.25) is 5.91 Å². The number of ether oxygens (including phenoxy) is 3. The third-order valence-corrected chi connectivity index (χ3v) is 7.09. The van der Waals surface area contributed by atoms with E-state index in [9.17, 15) is 4.79 Å². The van der Waals surface area contributed by atoms with Gasteiger partial charge in [0.25, 0.3) is 0 Å². The van der Waals surface area contributed by atoms with E-state index in [-0.39, 0.29) is 24.8 Å². The zero-order chi connectivity index (χ0) is 28.5. The average Bonchev–Trinajstić information content (AvgIpc) is 2.98. The summed E-state index contributed by atoms with van der Waals surface area (Å²) in [5.74, 6) is 0.00445. The van der Waals surface area contributed by atoms with Gasteiger partial charge in [-0.2, -0.15) is 0 Å². The summed E-state index contributed by atoms with van der Waals surface area (Å²) in [7, 11) is 0. The predicted octanol–water partition coefficient (Wildman–Crippen LogP) is 7.30. The summed E-state index contributed by atoms with van der Waals surface area (Å²) in [5, 5.41) is 3.17. The Kier molecular flexibility index (Phi) is 19.9. The first-order valence-corrected chi connectivity index (χ1v) is 15.6. The van der Waals surface area contributed by atoms with E-state index in [4.69, 9.17) is 19.9 Å². The summed E-state index contributed by atoms with van der Waals surface area (Å²) in [5.41, 5.74) is 7.98. The van der Waals surface area contributed by atoms with E-state index in [1.165, 1.54) is 51.4 Å². The molecular weight excluding hydrogens is 500 g/mol. The molecule has 0 bridgehead atoms. The fourth-order valence-corrected chi connectivity index (χ4v) is 4.75. The van der Waals surface area contributed by atoms with Gasteiger partial charge in [-0.1, -0.05) is 125 Å². The lowest BCUT2D eigenvalue weighted by Crippen LogP contribution is -2.40. The second-order valence-corrected chi connectivity index (χ2v) is 10.8. The Balaban J connectivity index is 1.75. The van der Waals surface area contributed by atoms with Crippen LogP contribution in [0.15, 0.2) is 60.7 Å². The molecule has 0 heterocycles. The SMILES string of the molecule is CCCCCCCCCCC[C@H](CC(=O)N[C@H](CCCN)COCOCc1ccccc1)OCc1ccccc1. The molecule has 1 amide bonds. The monoisotopic (exact) mass is 554 g/mol. The maximum atomic E-state index is 13.1. The van der Waals surface area contributed by atoms with Gasteiger partial charge < -0.3 is 25.3 Å². The number of rotatable bonds is 25. The molecule has 2 aromatic carbocycles. The molecule has 2 aromatic rings. The Morgan fingerprint density at radius 1 is 0.750 bits per heavy atom. The molecule has 224 valence electrons. The zero-order valence-electron chi connectivity index (χ0n) is 24.9. The number of benzene rings is 2.